The lowest BCUT2D eigenvalue weighted by Crippen LogP contribution is -2.24. The molecule has 0 amide bonds. The third kappa shape index (κ3) is 3.64. The van der Waals surface area contributed by atoms with Crippen LogP contribution in [0.4, 0.5) is 5.69 Å². The van der Waals surface area contributed by atoms with E-state index in [2.05, 4.69) is 10.2 Å². The predicted octanol–water partition coefficient (Wildman–Crippen LogP) is 2.20. The van der Waals surface area contributed by atoms with Crippen LogP contribution in [0.15, 0.2) is 53.2 Å². The van der Waals surface area contributed by atoms with Gasteiger partial charge in [0.05, 0.1) is 10.5 Å². The Bertz CT molecular complexity index is 936. The molecule has 0 spiro atoms. The number of carbonyl (C=O) groups excluding carboxylic acids is 1. The molecular formula is C16H12N4O6. The van der Waals surface area contributed by atoms with Crippen LogP contribution in [0, 0.1) is 15.3 Å². The zero-order chi connectivity index (χ0) is 18.7. The summed E-state index contributed by atoms with van der Waals surface area (Å²) in [5, 5.41) is 29.3. The fourth-order valence-electron chi connectivity index (χ4n) is 2.07. The van der Waals surface area contributed by atoms with Crippen molar-refractivity contribution in [3.63, 3.8) is 0 Å². The number of aromatic nitrogens is 3. The van der Waals surface area contributed by atoms with Gasteiger partial charge in [0.15, 0.2) is 18.5 Å². The molecule has 2 heterocycles. The van der Waals surface area contributed by atoms with Crippen molar-refractivity contribution in [2.75, 3.05) is 0 Å². The Labute approximate surface area is 146 Å². The molecule has 0 aliphatic carbocycles. The summed E-state index contributed by atoms with van der Waals surface area (Å²) in [6, 6.07) is 8.26. The number of esters is 1. The molecule has 0 bridgehead atoms. The molecule has 1 aromatic carbocycles. The van der Waals surface area contributed by atoms with Gasteiger partial charge in [-0.3, -0.25) is 10.1 Å². The van der Waals surface area contributed by atoms with Crippen molar-refractivity contribution >= 4 is 11.7 Å². The highest BCUT2D eigenvalue weighted by Crippen LogP contribution is 2.24. The molecule has 0 aliphatic heterocycles. The Balaban J connectivity index is 1.71. The van der Waals surface area contributed by atoms with Gasteiger partial charge in [-0.05, 0) is 19.1 Å². The highest BCUT2D eigenvalue weighted by Gasteiger charge is 2.20. The molecule has 0 saturated heterocycles. The van der Waals surface area contributed by atoms with Crippen molar-refractivity contribution in [3.8, 4) is 11.5 Å². The van der Waals surface area contributed by atoms with Gasteiger partial charge in [0.1, 0.15) is 0 Å². The third-order valence-electron chi connectivity index (χ3n) is 3.44. The largest absolute Gasteiger partial charge is 0.619 e. The maximum Gasteiger partial charge on any atom is 0.339 e. The second-order valence-corrected chi connectivity index (χ2v) is 5.24. The average Bonchev–Trinajstić information content (AvgIpc) is 3.12. The van der Waals surface area contributed by atoms with Crippen LogP contribution in [0.2, 0.25) is 0 Å². The molecule has 3 rings (SSSR count). The van der Waals surface area contributed by atoms with Gasteiger partial charge in [0.25, 0.3) is 11.6 Å². The van der Waals surface area contributed by atoms with Crippen LogP contribution >= 0.6 is 0 Å². The number of nitro benzene ring substituents is 1. The van der Waals surface area contributed by atoms with Gasteiger partial charge >= 0.3 is 5.97 Å². The van der Waals surface area contributed by atoms with E-state index in [0.717, 1.165) is 0 Å². The first-order valence-corrected chi connectivity index (χ1v) is 7.42. The summed E-state index contributed by atoms with van der Waals surface area (Å²) in [5.74, 6) is -0.431. The highest BCUT2D eigenvalue weighted by molar-refractivity contribution is 5.89. The lowest BCUT2D eigenvalue weighted by atomic mass is 10.2. The molecule has 2 aromatic heterocycles. The van der Waals surface area contributed by atoms with Crippen LogP contribution in [-0.4, -0.2) is 21.1 Å². The molecule has 0 unspecified atom stereocenters. The van der Waals surface area contributed by atoms with Gasteiger partial charge in [0.2, 0.25) is 5.89 Å². The number of hydrogen-bond donors (Lipinski definition) is 0. The van der Waals surface area contributed by atoms with Gasteiger partial charge in [-0.15, -0.1) is 10.2 Å². The standard InChI is InChI=1S/C16H12N4O6/c1-10(25-16(21)12-6-8-19(22)9-7-12)14-17-18-15(26-14)11-2-4-13(5-3-11)20(23)24/h2-10H,1H3/t10-/m0/s1. The molecule has 0 fully saturated rings. The summed E-state index contributed by atoms with van der Waals surface area (Å²) in [5.41, 5.74) is 0.646. The number of ether oxygens (including phenoxy) is 1. The Morgan fingerprint density at radius 1 is 1.19 bits per heavy atom. The minimum absolute atomic E-state index is 0.0574. The van der Waals surface area contributed by atoms with E-state index in [9.17, 15) is 20.1 Å². The van der Waals surface area contributed by atoms with Crippen molar-refractivity contribution in [1.82, 2.24) is 10.2 Å². The van der Waals surface area contributed by atoms with Gasteiger partial charge < -0.3 is 14.4 Å². The quantitative estimate of drug-likeness (QED) is 0.223. The summed E-state index contributed by atoms with van der Waals surface area (Å²) in [4.78, 5) is 22.2. The lowest BCUT2D eigenvalue weighted by molar-refractivity contribution is -0.605. The summed E-state index contributed by atoms with van der Waals surface area (Å²) in [6.07, 6.45) is 1.54. The number of rotatable bonds is 5. The number of benzene rings is 1. The Morgan fingerprint density at radius 3 is 2.46 bits per heavy atom. The molecule has 0 radical (unpaired) electrons. The molecule has 0 aliphatic rings. The normalized spacial score (nSPS) is 11.7. The van der Waals surface area contributed by atoms with Gasteiger partial charge in [0, 0.05) is 29.8 Å². The molecule has 26 heavy (non-hydrogen) atoms. The van der Waals surface area contributed by atoms with E-state index in [1.807, 2.05) is 0 Å². The van der Waals surface area contributed by atoms with Crippen molar-refractivity contribution in [2.24, 2.45) is 0 Å². The van der Waals surface area contributed by atoms with E-state index in [1.165, 1.54) is 48.8 Å². The first kappa shape index (κ1) is 17.0. The average molecular weight is 356 g/mol. The topological polar surface area (TPSA) is 135 Å². The highest BCUT2D eigenvalue weighted by atomic mass is 16.6. The van der Waals surface area contributed by atoms with Crippen LogP contribution in [0.5, 0.6) is 0 Å². The molecular weight excluding hydrogens is 344 g/mol. The Morgan fingerprint density at radius 2 is 1.85 bits per heavy atom. The lowest BCUT2D eigenvalue weighted by Gasteiger charge is -2.09. The molecule has 1 atom stereocenters. The Hall–Kier alpha value is -3.82. The van der Waals surface area contributed by atoms with E-state index in [0.29, 0.717) is 10.3 Å². The molecule has 10 heteroatoms. The third-order valence-corrected chi connectivity index (χ3v) is 3.44. The molecule has 0 saturated carbocycles. The molecule has 132 valence electrons. The number of nitrogens with zero attached hydrogens (tertiary/aromatic N) is 4. The maximum atomic E-state index is 12.0. The molecule has 10 nitrogen and oxygen atoms in total. The van der Waals surface area contributed by atoms with Crippen LogP contribution < -0.4 is 4.73 Å². The smallest absolute Gasteiger partial charge is 0.339 e. The minimum atomic E-state index is -0.818. The second-order valence-electron chi connectivity index (χ2n) is 5.24. The zero-order valence-electron chi connectivity index (χ0n) is 13.4. The molecule has 0 N–H and O–H groups in total. The van der Waals surface area contributed by atoms with Crippen LogP contribution in [-0.2, 0) is 4.74 Å². The maximum absolute atomic E-state index is 12.0. The fraction of sp³-hybridized carbons (Fsp3) is 0.125. The predicted molar refractivity (Wildman–Crippen MR) is 85.6 cm³/mol. The van der Waals surface area contributed by atoms with Crippen molar-refractivity contribution < 1.29 is 23.6 Å². The minimum Gasteiger partial charge on any atom is -0.619 e. The summed E-state index contributed by atoms with van der Waals surface area (Å²) in [6.45, 7) is 1.56. The monoisotopic (exact) mass is 356 g/mol. The van der Waals surface area contributed by atoms with E-state index < -0.39 is 17.0 Å². The zero-order valence-corrected chi connectivity index (χ0v) is 13.4. The number of carbonyl (C=O) groups is 1. The van der Waals surface area contributed by atoms with Gasteiger partial charge in [-0.25, -0.2) is 4.79 Å². The van der Waals surface area contributed by atoms with Crippen molar-refractivity contribution in [2.45, 2.75) is 13.0 Å². The molecule has 3 aromatic rings. The van der Waals surface area contributed by atoms with Gasteiger partial charge in [-0.1, -0.05) is 0 Å². The van der Waals surface area contributed by atoms with Crippen LogP contribution in [0.25, 0.3) is 11.5 Å². The van der Waals surface area contributed by atoms with Crippen LogP contribution in [0.1, 0.15) is 29.3 Å². The van der Waals surface area contributed by atoms with E-state index in [4.69, 9.17) is 9.15 Å². The Kier molecular flexibility index (Phi) is 4.56. The first-order chi connectivity index (χ1) is 12.4. The van der Waals surface area contributed by atoms with Crippen LogP contribution in [0.3, 0.4) is 0 Å². The summed E-state index contributed by atoms with van der Waals surface area (Å²) < 4.78 is 11.2. The van der Waals surface area contributed by atoms with Crippen molar-refractivity contribution in [1.29, 1.82) is 0 Å². The number of pyridine rings is 1. The number of non-ortho nitro benzene ring substituents is 1. The SMILES string of the molecule is C[C@H](OC(=O)c1cc[n+]([O-])cc1)c1nnc(-c2ccc([N+](=O)[O-])cc2)o1. The van der Waals surface area contributed by atoms with Gasteiger partial charge in [-0.2, -0.15) is 4.73 Å². The van der Waals surface area contributed by atoms with Crippen molar-refractivity contribution in [3.05, 3.63) is 75.6 Å². The summed E-state index contributed by atoms with van der Waals surface area (Å²) in [7, 11) is 0. The fourth-order valence-corrected chi connectivity index (χ4v) is 2.07. The number of hydrogen-bond acceptors (Lipinski definition) is 8. The van der Waals surface area contributed by atoms with E-state index in [-0.39, 0.29) is 23.0 Å². The summed E-state index contributed by atoms with van der Waals surface area (Å²) >= 11 is 0. The van der Waals surface area contributed by atoms with E-state index in [1.54, 1.807) is 6.92 Å². The van der Waals surface area contributed by atoms with E-state index >= 15 is 0 Å². The number of nitro groups is 1. The first-order valence-electron chi connectivity index (χ1n) is 7.42. The second kappa shape index (κ2) is 6.97.